The Balaban J connectivity index is 2.08. The van der Waals surface area contributed by atoms with Crippen molar-refractivity contribution in [1.29, 1.82) is 0 Å². The van der Waals surface area contributed by atoms with Gasteiger partial charge in [0.2, 0.25) is 0 Å². The second-order valence-corrected chi connectivity index (χ2v) is 5.25. The van der Waals surface area contributed by atoms with Gasteiger partial charge in [-0.2, -0.15) is 0 Å². The van der Waals surface area contributed by atoms with Crippen LogP contribution in [0.25, 0.3) is 0 Å². The molecule has 0 saturated carbocycles. The second-order valence-electron chi connectivity index (χ2n) is 4.08. The fraction of sp³-hybridized carbons (Fsp3) is 0.500. The summed E-state index contributed by atoms with van der Waals surface area (Å²) in [5, 5.41) is 28.1. The number of rotatable bonds is 3. The van der Waals surface area contributed by atoms with Gasteiger partial charge >= 0.3 is 0 Å². The SMILES string of the molecule is OC[C@H]1O[C@H](Sc2ccccc2)[C@@H](F)[C@@H](O)[C@@H]1O. The van der Waals surface area contributed by atoms with Gasteiger partial charge in [0.15, 0.2) is 6.17 Å². The van der Waals surface area contributed by atoms with Gasteiger partial charge in [-0.3, -0.25) is 0 Å². The predicted molar refractivity (Wildman–Crippen MR) is 65.0 cm³/mol. The standard InChI is InChI=1S/C12H15FO4S/c13-9-11(16)10(15)8(6-14)17-12(9)18-7-4-2-1-3-5-7/h1-5,8-12,14-16H,6H2/t8-,9+,10-,11-,12-/m1/s1. The Morgan fingerprint density at radius 1 is 1.17 bits per heavy atom. The predicted octanol–water partition coefficient (Wildman–Crippen LogP) is 0.556. The van der Waals surface area contributed by atoms with Crippen LogP contribution in [-0.4, -0.2) is 51.8 Å². The fourth-order valence-corrected chi connectivity index (χ4v) is 2.85. The van der Waals surface area contributed by atoms with Crippen LogP contribution in [-0.2, 0) is 4.74 Å². The van der Waals surface area contributed by atoms with E-state index >= 15 is 0 Å². The highest BCUT2D eigenvalue weighted by Gasteiger charge is 2.44. The molecule has 0 amide bonds. The van der Waals surface area contributed by atoms with E-state index in [4.69, 9.17) is 9.84 Å². The Bertz CT molecular complexity index is 376. The van der Waals surface area contributed by atoms with Crippen molar-refractivity contribution in [2.24, 2.45) is 0 Å². The summed E-state index contributed by atoms with van der Waals surface area (Å²) in [6, 6.07) is 9.06. The molecule has 5 atom stereocenters. The molecule has 1 aliphatic rings. The zero-order chi connectivity index (χ0) is 13.1. The largest absolute Gasteiger partial charge is 0.394 e. The molecule has 0 unspecified atom stereocenters. The van der Waals surface area contributed by atoms with E-state index in [0.717, 1.165) is 16.7 Å². The average Bonchev–Trinajstić information content (AvgIpc) is 2.40. The number of aliphatic hydroxyl groups is 3. The molecule has 0 radical (unpaired) electrons. The van der Waals surface area contributed by atoms with Gasteiger partial charge in [0.05, 0.1) is 6.61 Å². The normalized spacial score (nSPS) is 36.6. The molecule has 1 aliphatic heterocycles. The molecular weight excluding hydrogens is 259 g/mol. The smallest absolute Gasteiger partial charge is 0.164 e. The second kappa shape index (κ2) is 5.99. The lowest BCUT2D eigenvalue weighted by molar-refractivity contribution is -0.188. The third-order valence-electron chi connectivity index (χ3n) is 2.80. The lowest BCUT2D eigenvalue weighted by Crippen LogP contribution is -2.55. The number of hydrogen-bond acceptors (Lipinski definition) is 5. The van der Waals surface area contributed by atoms with E-state index in [1.54, 1.807) is 12.1 Å². The zero-order valence-corrected chi connectivity index (χ0v) is 10.3. The van der Waals surface area contributed by atoms with Crippen molar-refractivity contribution in [3.05, 3.63) is 30.3 Å². The quantitative estimate of drug-likeness (QED) is 0.751. The minimum Gasteiger partial charge on any atom is -0.394 e. The van der Waals surface area contributed by atoms with Gasteiger partial charge in [-0.25, -0.2) is 4.39 Å². The number of benzene rings is 1. The van der Waals surface area contributed by atoms with Gasteiger partial charge in [0.1, 0.15) is 23.7 Å². The van der Waals surface area contributed by atoms with E-state index < -0.39 is 36.5 Å². The molecule has 1 fully saturated rings. The van der Waals surface area contributed by atoms with Crippen molar-refractivity contribution in [3.8, 4) is 0 Å². The summed E-state index contributed by atoms with van der Waals surface area (Å²) in [4.78, 5) is 0.797. The monoisotopic (exact) mass is 274 g/mol. The Hall–Kier alpha value is -0.660. The number of ether oxygens (including phenoxy) is 1. The number of thioether (sulfide) groups is 1. The maximum Gasteiger partial charge on any atom is 0.164 e. The van der Waals surface area contributed by atoms with Gasteiger partial charge < -0.3 is 20.1 Å². The third-order valence-corrected chi connectivity index (χ3v) is 3.95. The van der Waals surface area contributed by atoms with Crippen LogP contribution in [0, 0.1) is 0 Å². The molecule has 0 bridgehead atoms. The summed E-state index contributed by atoms with van der Waals surface area (Å²) in [6.07, 6.45) is -5.61. The molecule has 18 heavy (non-hydrogen) atoms. The van der Waals surface area contributed by atoms with Crippen LogP contribution >= 0.6 is 11.8 Å². The summed E-state index contributed by atoms with van der Waals surface area (Å²) >= 11 is 1.12. The number of aliphatic hydroxyl groups excluding tert-OH is 3. The molecule has 1 aromatic rings. The summed E-state index contributed by atoms with van der Waals surface area (Å²) in [7, 11) is 0. The molecular formula is C12H15FO4S. The molecule has 0 aromatic heterocycles. The van der Waals surface area contributed by atoms with Crippen molar-refractivity contribution < 1.29 is 24.4 Å². The molecule has 4 nitrogen and oxygen atoms in total. The lowest BCUT2D eigenvalue weighted by atomic mass is 10.0. The zero-order valence-electron chi connectivity index (χ0n) is 9.52. The Labute approximate surface area is 108 Å². The van der Waals surface area contributed by atoms with Gasteiger partial charge in [-0.05, 0) is 12.1 Å². The molecule has 0 aliphatic carbocycles. The highest BCUT2D eigenvalue weighted by molar-refractivity contribution is 7.99. The van der Waals surface area contributed by atoms with Crippen molar-refractivity contribution in [1.82, 2.24) is 0 Å². The topological polar surface area (TPSA) is 69.9 Å². The first-order valence-electron chi connectivity index (χ1n) is 5.61. The molecule has 1 heterocycles. The van der Waals surface area contributed by atoms with Gasteiger partial charge in [-0.1, -0.05) is 30.0 Å². The van der Waals surface area contributed by atoms with Crippen molar-refractivity contribution in [2.75, 3.05) is 6.61 Å². The highest BCUT2D eigenvalue weighted by Crippen LogP contribution is 2.34. The van der Waals surface area contributed by atoms with Crippen molar-refractivity contribution >= 4 is 11.8 Å². The average molecular weight is 274 g/mol. The number of alkyl halides is 1. The Kier molecular flexibility index (Phi) is 4.58. The van der Waals surface area contributed by atoms with Crippen LogP contribution in [0.3, 0.4) is 0 Å². The van der Waals surface area contributed by atoms with Crippen LogP contribution in [0.1, 0.15) is 0 Å². The summed E-state index contributed by atoms with van der Waals surface area (Å²) in [5.74, 6) is 0. The lowest BCUT2D eigenvalue weighted by Gasteiger charge is -2.38. The van der Waals surface area contributed by atoms with E-state index in [0.29, 0.717) is 0 Å². The van der Waals surface area contributed by atoms with Gasteiger partial charge in [0.25, 0.3) is 0 Å². The van der Waals surface area contributed by atoms with E-state index in [2.05, 4.69) is 0 Å². The van der Waals surface area contributed by atoms with Crippen LogP contribution in [0.2, 0.25) is 0 Å². The van der Waals surface area contributed by atoms with E-state index in [-0.39, 0.29) is 0 Å². The highest BCUT2D eigenvalue weighted by atomic mass is 32.2. The van der Waals surface area contributed by atoms with Crippen LogP contribution in [0.15, 0.2) is 35.2 Å². The minimum absolute atomic E-state index is 0.462. The van der Waals surface area contributed by atoms with E-state index in [1.807, 2.05) is 18.2 Å². The maximum absolute atomic E-state index is 13.8. The van der Waals surface area contributed by atoms with Crippen molar-refractivity contribution in [2.45, 2.75) is 34.8 Å². The minimum atomic E-state index is -1.70. The molecule has 100 valence electrons. The van der Waals surface area contributed by atoms with Crippen LogP contribution in [0.5, 0.6) is 0 Å². The Morgan fingerprint density at radius 3 is 2.44 bits per heavy atom. The molecule has 6 heteroatoms. The molecule has 1 saturated heterocycles. The first-order valence-corrected chi connectivity index (χ1v) is 6.49. The summed E-state index contributed by atoms with van der Waals surface area (Å²) in [5.41, 5.74) is -0.942. The summed E-state index contributed by atoms with van der Waals surface area (Å²) < 4.78 is 19.1. The summed E-state index contributed by atoms with van der Waals surface area (Å²) in [6.45, 7) is -0.462. The van der Waals surface area contributed by atoms with Crippen LogP contribution in [0.4, 0.5) is 4.39 Å². The Morgan fingerprint density at radius 2 is 1.83 bits per heavy atom. The van der Waals surface area contributed by atoms with Crippen LogP contribution < -0.4 is 0 Å². The molecule has 1 aromatic carbocycles. The molecule has 0 spiro atoms. The fourth-order valence-electron chi connectivity index (χ4n) is 1.77. The van der Waals surface area contributed by atoms with E-state index in [9.17, 15) is 14.6 Å². The first-order chi connectivity index (χ1) is 8.63. The number of hydrogen-bond donors (Lipinski definition) is 3. The molecule has 2 rings (SSSR count). The third kappa shape index (κ3) is 2.84. The molecule has 3 N–H and O–H groups in total. The first kappa shape index (κ1) is 13.8. The van der Waals surface area contributed by atoms with Crippen molar-refractivity contribution in [3.63, 3.8) is 0 Å². The van der Waals surface area contributed by atoms with E-state index in [1.165, 1.54) is 0 Å². The number of halogens is 1. The maximum atomic E-state index is 13.8. The van der Waals surface area contributed by atoms with Gasteiger partial charge in [-0.15, -0.1) is 0 Å². The van der Waals surface area contributed by atoms with Gasteiger partial charge in [0, 0.05) is 4.90 Å².